The maximum Gasteiger partial charge on any atom is -0.00775 e. The third-order valence-corrected chi connectivity index (χ3v) is 5.39. The summed E-state index contributed by atoms with van der Waals surface area (Å²) < 4.78 is 0. The number of benzene rings is 4. The summed E-state index contributed by atoms with van der Waals surface area (Å²) in [6, 6.07) is 37.8. The molecule has 4 aromatic rings. The molecule has 0 unspecified atom stereocenters. The van der Waals surface area contributed by atoms with Crippen LogP contribution in [0.5, 0.6) is 0 Å². The smallest absolute Gasteiger partial charge is 0.00775 e. The van der Waals surface area contributed by atoms with E-state index in [1.807, 2.05) is 18.2 Å². The van der Waals surface area contributed by atoms with Crippen molar-refractivity contribution in [2.24, 2.45) is 0 Å². The molecular formula is C34H35N. The second kappa shape index (κ2) is 15.1. The summed E-state index contributed by atoms with van der Waals surface area (Å²) in [4.78, 5) is 0. The molecule has 0 aliphatic carbocycles. The molecule has 1 heteroatoms. The summed E-state index contributed by atoms with van der Waals surface area (Å²) in [7, 11) is 0. The van der Waals surface area contributed by atoms with Gasteiger partial charge in [0.2, 0.25) is 0 Å². The lowest BCUT2D eigenvalue weighted by molar-refractivity contribution is 0.762. The van der Waals surface area contributed by atoms with E-state index in [0.717, 1.165) is 13.1 Å². The van der Waals surface area contributed by atoms with E-state index in [9.17, 15) is 0 Å². The van der Waals surface area contributed by atoms with Gasteiger partial charge in [0.15, 0.2) is 0 Å². The number of rotatable bonds is 8. The Labute approximate surface area is 211 Å². The van der Waals surface area contributed by atoms with Crippen LogP contribution in [0.3, 0.4) is 0 Å². The Morgan fingerprint density at radius 3 is 1.26 bits per heavy atom. The highest BCUT2D eigenvalue weighted by Gasteiger charge is 1.99. The van der Waals surface area contributed by atoms with Gasteiger partial charge in [0.05, 0.1) is 0 Å². The molecule has 1 N–H and O–H groups in total. The quantitative estimate of drug-likeness (QED) is 0.261. The Kier molecular flexibility index (Phi) is 11.0. The van der Waals surface area contributed by atoms with Gasteiger partial charge in [0, 0.05) is 0 Å². The molecule has 0 saturated carbocycles. The minimum Gasteiger partial charge on any atom is -0.317 e. The SMILES string of the molecule is C(=Cc1ccc(C=Cc2ccccc2)c(C=Cc2ccccc2)c1)c1ccccc1.CCNCC. The maximum absolute atomic E-state index is 3.11. The van der Waals surface area contributed by atoms with Gasteiger partial charge >= 0.3 is 0 Å². The standard InChI is InChI=1S/C30H24.C4H11N/c1-4-10-25(11-5-1)16-17-28-20-22-29(21-18-26-12-6-2-7-13-26)30(24-28)23-19-27-14-8-3-9-15-27;1-3-5-4-2/h1-24H;5H,3-4H2,1-2H3. The molecule has 0 aliphatic heterocycles. The predicted molar refractivity (Wildman–Crippen MR) is 157 cm³/mol. The molecule has 4 aromatic carbocycles. The zero-order valence-electron chi connectivity index (χ0n) is 20.8. The fourth-order valence-electron chi connectivity index (χ4n) is 3.50. The van der Waals surface area contributed by atoms with Gasteiger partial charge in [-0.1, -0.05) is 153 Å². The van der Waals surface area contributed by atoms with Gasteiger partial charge in [-0.25, -0.2) is 0 Å². The van der Waals surface area contributed by atoms with Crippen LogP contribution in [0.2, 0.25) is 0 Å². The van der Waals surface area contributed by atoms with Crippen molar-refractivity contribution < 1.29 is 0 Å². The van der Waals surface area contributed by atoms with Crippen molar-refractivity contribution in [3.8, 4) is 0 Å². The van der Waals surface area contributed by atoms with Gasteiger partial charge < -0.3 is 5.32 Å². The Morgan fingerprint density at radius 2 is 0.829 bits per heavy atom. The summed E-state index contributed by atoms with van der Waals surface area (Å²) in [5.41, 5.74) is 7.17. The van der Waals surface area contributed by atoms with Crippen LogP contribution in [-0.2, 0) is 0 Å². The summed E-state index contributed by atoms with van der Waals surface area (Å²) in [5, 5.41) is 3.11. The lowest BCUT2D eigenvalue weighted by Gasteiger charge is -2.05. The Balaban J connectivity index is 0.000000623. The zero-order valence-corrected chi connectivity index (χ0v) is 20.8. The van der Waals surface area contributed by atoms with Gasteiger partial charge in [-0.15, -0.1) is 0 Å². The number of hydrogen-bond acceptors (Lipinski definition) is 1. The van der Waals surface area contributed by atoms with Gasteiger partial charge in [-0.05, 0) is 52.5 Å². The average molecular weight is 458 g/mol. The van der Waals surface area contributed by atoms with Crippen LogP contribution < -0.4 is 5.32 Å². The first-order valence-corrected chi connectivity index (χ1v) is 12.3. The monoisotopic (exact) mass is 457 g/mol. The van der Waals surface area contributed by atoms with Crippen LogP contribution >= 0.6 is 0 Å². The minimum absolute atomic E-state index is 1.09. The molecule has 35 heavy (non-hydrogen) atoms. The van der Waals surface area contributed by atoms with E-state index in [1.54, 1.807) is 0 Å². The highest BCUT2D eigenvalue weighted by atomic mass is 14.8. The van der Waals surface area contributed by atoms with Crippen molar-refractivity contribution in [1.29, 1.82) is 0 Å². The molecule has 1 nitrogen and oxygen atoms in total. The number of nitrogens with one attached hydrogen (secondary N) is 1. The predicted octanol–water partition coefficient (Wildman–Crippen LogP) is 8.81. The molecule has 0 radical (unpaired) electrons. The van der Waals surface area contributed by atoms with Crippen LogP contribution in [0.15, 0.2) is 109 Å². The van der Waals surface area contributed by atoms with E-state index in [4.69, 9.17) is 0 Å². The van der Waals surface area contributed by atoms with E-state index in [0.29, 0.717) is 0 Å². The molecule has 0 aromatic heterocycles. The van der Waals surface area contributed by atoms with Crippen molar-refractivity contribution in [1.82, 2.24) is 5.32 Å². The third kappa shape index (κ3) is 9.44. The minimum atomic E-state index is 1.09. The zero-order chi connectivity index (χ0) is 24.6. The highest BCUT2D eigenvalue weighted by molar-refractivity contribution is 5.81. The summed E-state index contributed by atoms with van der Waals surface area (Å²) in [6.45, 7) is 6.39. The first-order valence-electron chi connectivity index (χ1n) is 12.3. The topological polar surface area (TPSA) is 12.0 Å². The molecule has 0 fully saturated rings. The van der Waals surface area contributed by atoms with Crippen LogP contribution in [0, 0.1) is 0 Å². The Hall–Kier alpha value is -3.94. The molecule has 0 aliphatic rings. The first-order chi connectivity index (χ1) is 17.3. The van der Waals surface area contributed by atoms with Crippen LogP contribution in [0.4, 0.5) is 0 Å². The van der Waals surface area contributed by atoms with Crippen molar-refractivity contribution in [3.63, 3.8) is 0 Å². The van der Waals surface area contributed by atoms with Crippen molar-refractivity contribution in [3.05, 3.63) is 143 Å². The summed E-state index contributed by atoms with van der Waals surface area (Å²) in [5.74, 6) is 0. The fourth-order valence-corrected chi connectivity index (χ4v) is 3.50. The van der Waals surface area contributed by atoms with E-state index < -0.39 is 0 Å². The summed E-state index contributed by atoms with van der Waals surface area (Å²) in [6.07, 6.45) is 13.0. The van der Waals surface area contributed by atoms with Gasteiger partial charge in [-0.3, -0.25) is 0 Å². The van der Waals surface area contributed by atoms with Gasteiger partial charge in [-0.2, -0.15) is 0 Å². The fraction of sp³-hybridized carbons (Fsp3) is 0.118. The van der Waals surface area contributed by atoms with E-state index >= 15 is 0 Å². The van der Waals surface area contributed by atoms with Crippen LogP contribution in [0.25, 0.3) is 36.5 Å². The van der Waals surface area contributed by atoms with Crippen molar-refractivity contribution in [2.45, 2.75) is 13.8 Å². The lowest BCUT2D eigenvalue weighted by atomic mass is 10.0. The highest BCUT2D eigenvalue weighted by Crippen LogP contribution is 2.20. The lowest BCUT2D eigenvalue weighted by Crippen LogP contribution is -2.09. The maximum atomic E-state index is 3.11. The van der Waals surface area contributed by atoms with E-state index in [-0.39, 0.29) is 0 Å². The molecule has 0 amide bonds. The van der Waals surface area contributed by atoms with Crippen molar-refractivity contribution >= 4 is 36.5 Å². The second-order valence-electron chi connectivity index (χ2n) is 8.08. The van der Waals surface area contributed by atoms with Crippen LogP contribution in [0.1, 0.15) is 47.2 Å². The summed E-state index contributed by atoms with van der Waals surface area (Å²) >= 11 is 0. The molecule has 0 atom stereocenters. The molecule has 0 saturated heterocycles. The number of hydrogen-bond donors (Lipinski definition) is 1. The van der Waals surface area contributed by atoms with Gasteiger partial charge in [0.25, 0.3) is 0 Å². The second-order valence-corrected chi connectivity index (χ2v) is 8.08. The van der Waals surface area contributed by atoms with Gasteiger partial charge in [0.1, 0.15) is 0 Å². The first kappa shape index (κ1) is 25.7. The Morgan fingerprint density at radius 1 is 0.429 bits per heavy atom. The van der Waals surface area contributed by atoms with Crippen LogP contribution in [-0.4, -0.2) is 13.1 Å². The van der Waals surface area contributed by atoms with Crippen molar-refractivity contribution in [2.75, 3.05) is 13.1 Å². The molecule has 0 spiro atoms. The molecule has 0 heterocycles. The van der Waals surface area contributed by atoms with E-state index in [2.05, 4.69) is 147 Å². The molecular weight excluding hydrogens is 422 g/mol. The Bertz CT molecular complexity index is 1200. The normalized spacial score (nSPS) is 11.1. The molecule has 176 valence electrons. The molecule has 0 bridgehead atoms. The molecule has 4 rings (SSSR count). The van der Waals surface area contributed by atoms with E-state index in [1.165, 1.54) is 33.4 Å². The average Bonchev–Trinajstić information content (AvgIpc) is 2.92. The third-order valence-electron chi connectivity index (χ3n) is 5.39. The largest absolute Gasteiger partial charge is 0.317 e.